The van der Waals surface area contributed by atoms with Crippen LogP contribution >= 0.6 is 59.4 Å². The molecule has 1 nitrogen and oxygen atoms in total. The van der Waals surface area contributed by atoms with Crippen molar-refractivity contribution in [2.45, 2.75) is 11.8 Å². The van der Waals surface area contributed by atoms with Gasteiger partial charge in [0, 0.05) is 14.0 Å². The molecule has 2 aromatic carbocycles. The molecule has 0 aliphatic heterocycles. The third kappa shape index (κ3) is 3.79. The maximum atomic E-state index is 6.08. The van der Waals surface area contributed by atoms with E-state index in [1.807, 2.05) is 43.3 Å². The van der Waals surface area contributed by atoms with Gasteiger partial charge in [-0.15, -0.1) is 0 Å². The van der Waals surface area contributed by atoms with Crippen molar-refractivity contribution in [2.24, 2.45) is 0 Å². The fraction of sp³-hybridized carbons (Fsp3) is 0.200. The van der Waals surface area contributed by atoms with Crippen molar-refractivity contribution >= 4 is 59.4 Å². The minimum atomic E-state index is 0.0422. The molecular weight excluding hydrogens is 471 g/mol. The van der Waals surface area contributed by atoms with E-state index in [1.165, 1.54) is 0 Å². The summed E-state index contributed by atoms with van der Waals surface area (Å²) in [4.78, 5) is 0.0422. The van der Waals surface area contributed by atoms with Crippen LogP contribution in [0.2, 0.25) is 5.02 Å². The molecule has 0 aromatic heterocycles. The summed E-state index contributed by atoms with van der Waals surface area (Å²) in [5.41, 5.74) is 2.21. The third-order valence-corrected chi connectivity index (χ3v) is 5.42. The van der Waals surface area contributed by atoms with Crippen LogP contribution in [0.4, 0.5) is 0 Å². The largest absolute Gasteiger partial charge is 0.494 e. The number of alkyl halides is 1. The quantitative estimate of drug-likeness (QED) is 0.438. The monoisotopic (exact) mass is 480 g/mol. The van der Waals surface area contributed by atoms with Crippen LogP contribution in [0.1, 0.15) is 22.9 Å². The fourth-order valence-electron chi connectivity index (χ4n) is 1.85. The lowest BCUT2D eigenvalue weighted by atomic mass is 10.0. The van der Waals surface area contributed by atoms with E-state index >= 15 is 0 Å². The second-order valence-corrected chi connectivity index (χ2v) is 7.21. The molecule has 0 radical (unpaired) electrons. The topological polar surface area (TPSA) is 9.23 Å². The van der Waals surface area contributed by atoms with Gasteiger partial charge in [0.1, 0.15) is 5.75 Å². The summed E-state index contributed by atoms with van der Waals surface area (Å²) in [5.74, 6) is 0.855. The normalized spacial score (nSPS) is 12.2. The molecule has 106 valence electrons. The maximum absolute atomic E-state index is 6.08. The Bertz CT molecular complexity index is 616. The summed E-state index contributed by atoms with van der Waals surface area (Å²) in [5, 5.41) is 0.717. The number of hydrogen-bond donors (Lipinski definition) is 0. The first kappa shape index (κ1) is 16.3. The first-order valence-corrected chi connectivity index (χ1v) is 8.92. The molecule has 2 rings (SSSR count). The Morgan fingerprint density at radius 3 is 2.45 bits per heavy atom. The lowest BCUT2D eigenvalue weighted by Crippen LogP contribution is -1.97. The lowest BCUT2D eigenvalue weighted by Gasteiger charge is -2.16. The highest BCUT2D eigenvalue weighted by molar-refractivity contribution is 9.11. The second kappa shape index (κ2) is 7.30. The zero-order chi connectivity index (χ0) is 14.7. The van der Waals surface area contributed by atoms with Gasteiger partial charge in [0.15, 0.2) is 0 Å². The van der Waals surface area contributed by atoms with Crippen molar-refractivity contribution in [1.29, 1.82) is 0 Å². The number of hydrogen-bond acceptors (Lipinski definition) is 1. The Kier molecular flexibility index (Phi) is 5.96. The number of rotatable bonds is 4. The van der Waals surface area contributed by atoms with Gasteiger partial charge in [0.25, 0.3) is 0 Å². The van der Waals surface area contributed by atoms with Crippen LogP contribution in [0, 0.1) is 0 Å². The molecule has 1 atom stereocenters. The minimum Gasteiger partial charge on any atom is -0.494 e. The predicted octanol–water partition coefficient (Wildman–Crippen LogP) is 6.75. The van der Waals surface area contributed by atoms with Gasteiger partial charge in [-0.1, -0.05) is 65.5 Å². The standard InChI is InChI=1S/C15H12Br3ClO/c1-2-20-10-4-5-11(14(17)8-10)15(18)12-7-9(19)3-6-13(12)16/h3-8,15H,2H2,1H3. The van der Waals surface area contributed by atoms with Crippen molar-refractivity contribution < 1.29 is 4.74 Å². The zero-order valence-electron chi connectivity index (χ0n) is 10.7. The molecule has 0 aliphatic carbocycles. The van der Waals surface area contributed by atoms with Crippen molar-refractivity contribution in [3.8, 4) is 5.75 Å². The highest BCUT2D eigenvalue weighted by Crippen LogP contribution is 2.40. The average Bonchev–Trinajstić information content (AvgIpc) is 2.41. The summed E-state index contributed by atoms with van der Waals surface area (Å²) in [7, 11) is 0. The molecule has 0 bridgehead atoms. The molecule has 0 N–H and O–H groups in total. The molecule has 0 heterocycles. The number of ether oxygens (including phenoxy) is 1. The summed E-state index contributed by atoms with van der Waals surface area (Å²) in [6.45, 7) is 2.63. The van der Waals surface area contributed by atoms with E-state index < -0.39 is 0 Å². The van der Waals surface area contributed by atoms with Crippen LogP contribution in [0.3, 0.4) is 0 Å². The van der Waals surface area contributed by atoms with E-state index in [4.69, 9.17) is 16.3 Å². The highest BCUT2D eigenvalue weighted by atomic mass is 79.9. The smallest absolute Gasteiger partial charge is 0.120 e. The summed E-state index contributed by atoms with van der Waals surface area (Å²) >= 11 is 17.0. The van der Waals surface area contributed by atoms with Gasteiger partial charge in [-0.25, -0.2) is 0 Å². The Balaban J connectivity index is 2.38. The summed E-state index contributed by atoms with van der Waals surface area (Å²) in [6.07, 6.45) is 0. The molecule has 20 heavy (non-hydrogen) atoms. The van der Waals surface area contributed by atoms with E-state index in [0.29, 0.717) is 6.61 Å². The van der Waals surface area contributed by atoms with E-state index in [1.54, 1.807) is 0 Å². The number of benzene rings is 2. The van der Waals surface area contributed by atoms with E-state index in [9.17, 15) is 0 Å². The fourth-order valence-corrected chi connectivity index (χ4v) is 4.48. The van der Waals surface area contributed by atoms with Crippen molar-refractivity contribution in [2.75, 3.05) is 6.61 Å². The molecule has 0 fully saturated rings. The van der Waals surface area contributed by atoms with Gasteiger partial charge in [0.05, 0.1) is 11.4 Å². The predicted molar refractivity (Wildman–Crippen MR) is 95.2 cm³/mol. The Morgan fingerprint density at radius 1 is 1.05 bits per heavy atom. The van der Waals surface area contributed by atoms with Crippen molar-refractivity contribution in [3.05, 3.63) is 61.5 Å². The summed E-state index contributed by atoms with van der Waals surface area (Å²) in [6, 6.07) is 11.8. The zero-order valence-corrected chi connectivity index (χ0v) is 16.2. The van der Waals surface area contributed by atoms with E-state index in [0.717, 1.165) is 30.8 Å². The molecule has 0 saturated carbocycles. The molecule has 5 heteroatoms. The van der Waals surface area contributed by atoms with Crippen LogP contribution in [0.25, 0.3) is 0 Å². The van der Waals surface area contributed by atoms with Crippen LogP contribution < -0.4 is 4.74 Å². The third-order valence-electron chi connectivity index (χ3n) is 2.79. The van der Waals surface area contributed by atoms with Gasteiger partial charge in [-0.3, -0.25) is 0 Å². The van der Waals surface area contributed by atoms with E-state index in [-0.39, 0.29) is 4.83 Å². The lowest BCUT2D eigenvalue weighted by molar-refractivity contribution is 0.340. The maximum Gasteiger partial charge on any atom is 0.120 e. The molecule has 0 saturated heterocycles. The second-order valence-electron chi connectivity index (χ2n) is 4.14. The van der Waals surface area contributed by atoms with Crippen LogP contribution in [-0.4, -0.2) is 6.61 Å². The Hall–Kier alpha value is -0.0300. The van der Waals surface area contributed by atoms with Crippen molar-refractivity contribution in [1.82, 2.24) is 0 Å². The molecule has 0 aliphatic rings. The van der Waals surface area contributed by atoms with E-state index in [2.05, 4.69) is 47.8 Å². The Morgan fingerprint density at radius 2 is 1.80 bits per heavy atom. The highest BCUT2D eigenvalue weighted by Gasteiger charge is 2.17. The van der Waals surface area contributed by atoms with Gasteiger partial charge in [-0.2, -0.15) is 0 Å². The SMILES string of the molecule is CCOc1ccc(C(Br)c2cc(Cl)ccc2Br)c(Br)c1. The first-order chi connectivity index (χ1) is 9.52. The summed E-state index contributed by atoms with van der Waals surface area (Å²) < 4.78 is 7.51. The molecule has 1 unspecified atom stereocenters. The molecule has 0 spiro atoms. The van der Waals surface area contributed by atoms with Crippen LogP contribution in [-0.2, 0) is 0 Å². The Labute approximate surface area is 149 Å². The first-order valence-electron chi connectivity index (χ1n) is 6.04. The minimum absolute atomic E-state index is 0.0422. The van der Waals surface area contributed by atoms with Crippen LogP contribution in [0.15, 0.2) is 45.3 Å². The van der Waals surface area contributed by atoms with Gasteiger partial charge < -0.3 is 4.74 Å². The molecular formula is C15H12Br3ClO. The van der Waals surface area contributed by atoms with Gasteiger partial charge in [-0.05, 0) is 48.4 Å². The molecule has 0 amide bonds. The van der Waals surface area contributed by atoms with Gasteiger partial charge >= 0.3 is 0 Å². The van der Waals surface area contributed by atoms with Gasteiger partial charge in [0.2, 0.25) is 0 Å². The van der Waals surface area contributed by atoms with Crippen molar-refractivity contribution in [3.63, 3.8) is 0 Å². The molecule has 2 aromatic rings. The number of halogens is 4. The average molecular weight is 483 g/mol. The van der Waals surface area contributed by atoms with Crippen LogP contribution in [0.5, 0.6) is 5.75 Å².